The molecule has 5 nitrogen and oxygen atoms in total. The number of Topliss-reactive ketones (excluding diaryl/α,β-unsaturated/α-hetero) is 1. The Morgan fingerprint density at radius 2 is 1.43 bits per heavy atom. The van der Waals surface area contributed by atoms with Crippen molar-refractivity contribution in [1.29, 1.82) is 0 Å². The minimum absolute atomic E-state index is 0.115. The zero-order valence-corrected chi connectivity index (χ0v) is 18.3. The van der Waals surface area contributed by atoms with Gasteiger partial charge >= 0.3 is 11.9 Å². The summed E-state index contributed by atoms with van der Waals surface area (Å²) in [6.45, 7) is -0.462. The second-order valence-corrected chi connectivity index (χ2v) is 7.80. The van der Waals surface area contributed by atoms with E-state index in [4.69, 9.17) is 32.7 Å². The molecule has 0 unspecified atom stereocenters. The largest absolute Gasteiger partial charge is 0.454 e. The maximum Gasteiger partial charge on any atom is 0.343 e. The molecule has 3 rings (SSSR count). The molecule has 0 saturated carbocycles. The highest BCUT2D eigenvalue weighted by Gasteiger charge is 2.15. The van der Waals surface area contributed by atoms with Crippen molar-refractivity contribution in [3.8, 4) is 5.75 Å². The minimum atomic E-state index is -0.731. The van der Waals surface area contributed by atoms with Crippen LogP contribution in [0.4, 0.5) is 0 Å². The van der Waals surface area contributed by atoms with E-state index in [9.17, 15) is 14.4 Å². The first kappa shape index (κ1) is 22.0. The van der Waals surface area contributed by atoms with E-state index in [1.807, 2.05) is 0 Å². The van der Waals surface area contributed by atoms with Crippen molar-refractivity contribution in [3.05, 3.63) is 97.9 Å². The summed E-state index contributed by atoms with van der Waals surface area (Å²) in [5.41, 5.74) is 0.809. The van der Waals surface area contributed by atoms with Crippen molar-refractivity contribution < 1.29 is 23.9 Å². The molecule has 30 heavy (non-hydrogen) atoms. The Labute approximate surface area is 190 Å². The lowest BCUT2D eigenvalue weighted by atomic mass is 10.1. The molecule has 0 saturated heterocycles. The first-order valence-corrected chi connectivity index (χ1v) is 10.1. The van der Waals surface area contributed by atoms with E-state index < -0.39 is 24.3 Å². The van der Waals surface area contributed by atoms with E-state index in [0.717, 1.165) is 4.47 Å². The topological polar surface area (TPSA) is 69.7 Å². The third-order valence-electron chi connectivity index (χ3n) is 3.95. The van der Waals surface area contributed by atoms with Crippen molar-refractivity contribution in [2.45, 2.75) is 0 Å². The van der Waals surface area contributed by atoms with Crippen LogP contribution >= 0.6 is 39.1 Å². The van der Waals surface area contributed by atoms with Gasteiger partial charge in [0.1, 0.15) is 5.75 Å². The number of halogens is 3. The van der Waals surface area contributed by atoms with Gasteiger partial charge in [0.2, 0.25) is 0 Å². The molecule has 0 radical (unpaired) electrons. The van der Waals surface area contributed by atoms with Gasteiger partial charge in [-0.05, 0) is 66.7 Å². The van der Waals surface area contributed by atoms with Crippen LogP contribution in [0.5, 0.6) is 5.75 Å². The molecule has 3 aromatic rings. The monoisotopic (exact) mass is 506 g/mol. The molecule has 0 bridgehead atoms. The van der Waals surface area contributed by atoms with Gasteiger partial charge in [0, 0.05) is 15.1 Å². The molecule has 0 amide bonds. The highest BCUT2D eigenvalue weighted by molar-refractivity contribution is 9.10. The van der Waals surface area contributed by atoms with Crippen LogP contribution in [0.3, 0.4) is 0 Å². The average molecular weight is 508 g/mol. The molecule has 0 N–H and O–H groups in total. The number of benzene rings is 3. The van der Waals surface area contributed by atoms with Gasteiger partial charge in [0.15, 0.2) is 12.4 Å². The maximum atomic E-state index is 12.3. The van der Waals surface area contributed by atoms with Crippen LogP contribution in [0.1, 0.15) is 31.1 Å². The Balaban J connectivity index is 1.57. The fraction of sp³-hybridized carbons (Fsp3) is 0.0455. The molecule has 0 fully saturated rings. The van der Waals surface area contributed by atoms with E-state index in [1.165, 1.54) is 42.5 Å². The number of ether oxygens (including phenoxy) is 2. The minimum Gasteiger partial charge on any atom is -0.454 e. The maximum absolute atomic E-state index is 12.3. The van der Waals surface area contributed by atoms with Gasteiger partial charge in [0.05, 0.1) is 16.1 Å². The third-order valence-corrected chi connectivity index (χ3v) is 5.03. The lowest BCUT2D eigenvalue weighted by Gasteiger charge is -2.07. The molecule has 3 aromatic carbocycles. The molecule has 152 valence electrons. The number of esters is 2. The van der Waals surface area contributed by atoms with Crippen LogP contribution in [-0.2, 0) is 4.74 Å². The van der Waals surface area contributed by atoms with Gasteiger partial charge in [0.25, 0.3) is 0 Å². The molecule has 0 atom stereocenters. The fourth-order valence-corrected chi connectivity index (χ4v) is 3.16. The van der Waals surface area contributed by atoms with E-state index in [1.54, 1.807) is 24.3 Å². The Kier molecular flexibility index (Phi) is 7.26. The number of hydrogen-bond acceptors (Lipinski definition) is 5. The molecule has 0 spiro atoms. The number of ketones is 1. The van der Waals surface area contributed by atoms with Crippen LogP contribution in [-0.4, -0.2) is 24.3 Å². The van der Waals surface area contributed by atoms with Crippen molar-refractivity contribution in [1.82, 2.24) is 0 Å². The number of carbonyl (C=O) groups is 3. The third kappa shape index (κ3) is 5.69. The van der Waals surface area contributed by atoms with E-state index in [-0.39, 0.29) is 16.3 Å². The summed E-state index contributed by atoms with van der Waals surface area (Å²) in [6, 6.07) is 17.0. The highest BCUT2D eigenvalue weighted by Crippen LogP contribution is 2.22. The average Bonchev–Trinajstić information content (AvgIpc) is 2.72. The molecule has 0 aliphatic heterocycles. The van der Waals surface area contributed by atoms with Crippen LogP contribution < -0.4 is 4.74 Å². The molecule has 0 aromatic heterocycles. The summed E-state index contributed by atoms with van der Waals surface area (Å²) in [5.74, 6) is -1.39. The van der Waals surface area contributed by atoms with Gasteiger partial charge in [-0.15, -0.1) is 0 Å². The van der Waals surface area contributed by atoms with Gasteiger partial charge in [-0.25, -0.2) is 9.59 Å². The Morgan fingerprint density at radius 1 is 0.800 bits per heavy atom. The van der Waals surface area contributed by atoms with Crippen molar-refractivity contribution in [2.75, 3.05) is 6.61 Å². The summed E-state index contributed by atoms with van der Waals surface area (Å²) < 4.78 is 11.1. The first-order chi connectivity index (χ1) is 14.3. The normalized spacial score (nSPS) is 10.4. The smallest absolute Gasteiger partial charge is 0.343 e. The fourth-order valence-electron chi connectivity index (χ4n) is 2.41. The quantitative estimate of drug-likeness (QED) is 0.232. The lowest BCUT2D eigenvalue weighted by molar-refractivity contribution is 0.0474. The van der Waals surface area contributed by atoms with Gasteiger partial charge < -0.3 is 9.47 Å². The zero-order chi connectivity index (χ0) is 21.7. The Morgan fingerprint density at radius 3 is 2.07 bits per heavy atom. The summed E-state index contributed by atoms with van der Waals surface area (Å²) in [5, 5.41) is 0.519. The second-order valence-electron chi connectivity index (χ2n) is 6.04. The summed E-state index contributed by atoms with van der Waals surface area (Å²) in [7, 11) is 0. The Hall–Kier alpha value is -2.67. The predicted molar refractivity (Wildman–Crippen MR) is 117 cm³/mol. The molecule has 0 aliphatic rings. The molecular weight excluding hydrogens is 495 g/mol. The number of rotatable bonds is 6. The van der Waals surface area contributed by atoms with Crippen molar-refractivity contribution in [3.63, 3.8) is 0 Å². The van der Waals surface area contributed by atoms with Crippen molar-refractivity contribution in [2.24, 2.45) is 0 Å². The van der Waals surface area contributed by atoms with Gasteiger partial charge in [-0.3, -0.25) is 4.79 Å². The van der Waals surface area contributed by atoms with Crippen LogP contribution in [0.2, 0.25) is 10.0 Å². The zero-order valence-electron chi connectivity index (χ0n) is 15.2. The predicted octanol–water partition coefficient (Wildman–Crippen LogP) is 6.01. The van der Waals surface area contributed by atoms with Crippen molar-refractivity contribution >= 4 is 56.9 Å². The van der Waals surface area contributed by atoms with Crippen LogP contribution in [0.25, 0.3) is 0 Å². The van der Waals surface area contributed by atoms with Crippen LogP contribution in [0.15, 0.2) is 71.2 Å². The summed E-state index contributed by atoms with van der Waals surface area (Å²) in [6.07, 6.45) is 0. The lowest BCUT2D eigenvalue weighted by Crippen LogP contribution is -2.14. The molecule has 8 heteroatoms. The number of hydrogen-bond donors (Lipinski definition) is 0. The molecule has 0 heterocycles. The summed E-state index contributed by atoms with van der Waals surface area (Å²) in [4.78, 5) is 36.5. The first-order valence-electron chi connectivity index (χ1n) is 8.56. The Bertz CT molecular complexity index is 1100. The van der Waals surface area contributed by atoms with Gasteiger partial charge in [-0.1, -0.05) is 39.1 Å². The van der Waals surface area contributed by atoms with Gasteiger partial charge in [-0.2, -0.15) is 0 Å². The second kappa shape index (κ2) is 9.89. The van der Waals surface area contributed by atoms with E-state index in [0.29, 0.717) is 16.1 Å². The standard InChI is InChI=1S/C22H13BrCl2O5/c23-15-5-1-14(2-6-15)21(27)30-17-8-3-13(4-9-17)20(26)12-29-22(28)18-10-7-16(24)11-19(18)25/h1-11H,12H2. The molecular formula is C22H13BrCl2O5. The number of carbonyl (C=O) groups excluding carboxylic acids is 3. The highest BCUT2D eigenvalue weighted by atomic mass is 79.9. The van der Waals surface area contributed by atoms with Crippen LogP contribution in [0, 0.1) is 0 Å². The molecule has 0 aliphatic carbocycles. The summed E-state index contributed by atoms with van der Waals surface area (Å²) >= 11 is 15.0. The van der Waals surface area contributed by atoms with E-state index in [2.05, 4.69) is 15.9 Å². The SMILES string of the molecule is O=C(COC(=O)c1ccc(Cl)cc1Cl)c1ccc(OC(=O)c2ccc(Br)cc2)cc1. The van der Waals surface area contributed by atoms with E-state index >= 15 is 0 Å².